The van der Waals surface area contributed by atoms with E-state index in [0.29, 0.717) is 0 Å². The third-order valence-corrected chi connectivity index (χ3v) is 3.92. The molecule has 0 aliphatic rings. The summed E-state index contributed by atoms with van der Waals surface area (Å²) < 4.78 is 5.56. The van der Waals surface area contributed by atoms with Crippen LogP contribution < -0.4 is 5.73 Å². The minimum Gasteiger partial charge on any atom is -0.459 e. The number of nitrogens with two attached hydrogens (primary N) is 1. The lowest BCUT2D eigenvalue weighted by Gasteiger charge is -2.33. The Bertz CT molecular complexity index is 713. The van der Waals surface area contributed by atoms with Crippen LogP contribution in [0.5, 0.6) is 0 Å². The summed E-state index contributed by atoms with van der Waals surface area (Å²) in [6.07, 6.45) is 3.97. The van der Waals surface area contributed by atoms with E-state index in [-0.39, 0.29) is 5.92 Å². The molecule has 2 aromatic carbocycles. The van der Waals surface area contributed by atoms with Gasteiger partial charge in [-0.25, -0.2) is 0 Å². The van der Waals surface area contributed by atoms with Crippen LogP contribution >= 0.6 is 0 Å². The van der Waals surface area contributed by atoms with E-state index in [9.17, 15) is 4.79 Å². The Morgan fingerprint density at radius 3 is 2.00 bits per heavy atom. The summed E-state index contributed by atoms with van der Waals surface area (Å²) in [5.41, 5.74) is 6.76. The van der Waals surface area contributed by atoms with Crippen LogP contribution in [0.2, 0.25) is 0 Å². The van der Waals surface area contributed by atoms with Crippen molar-refractivity contribution in [1.29, 1.82) is 0 Å². The molecule has 3 heteroatoms. The summed E-state index contributed by atoms with van der Waals surface area (Å²) in [7, 11) is 0. The number of ether oxygens (including phenoxy) is 1. The van der Waals surface area contributed by atoms with E-state index >= 15 is 0 Å². The standard InChI is InChI=1S/C22H27NO2/c1-21(2,3)25-20(24)22(4,23)19(18-13-9-6-10-14-18)16-15-17-11-7-5-8-12-17/h5-16,19H,23H2,1-4H3/b16-15+/t19-,22+/m1/s1. The monoisotopic (exact) mass is 337 g/mol. The van der Waals surface area contributed by atoms with Crippen LogP contribution in [0.4, 0.5) is 0 Å². The van der Waals surface area contributed by atoms with Gasteiger partial charge in [0.25, 0.3) is 0 Å². The van der Waals surface area contributed by atoms with E-state index in [0.717, 1.165) is 11.1 Å². The molecule has 0 bridgehead atoms. The second-order valence-electron chi connectivity index (χ2n) is 7.44. The summed E-state index contributed by atoms with van der Waals surface area (Å²) in [5, 5.41) is 0. The molecule has 0 aliphatic heterocycles. The Morgan fingerprint density at radius 2 is 1.48 bits per heavy atom. The van der Waals surface area contributed by atoms with Gasteiger partial charge in [0.2, 0.25) is 0 Å². The third kappa shape index (κ3) is 5.30. The average Bonchev–Trinajstić information content (AvgIpc) is 2.55. The first kappa shape index (κ1) is 18.9. The molecule has 0 saturated carbocycles. The van der Waals surface area contributed by atoms with Crippen LogP contribution in [-0.4, -0.2) is 17.1 Å². The van der Waals surface area contributed by atoms with Crippen LogP contribution in [0.25, 0.3) is 6.08 Å². The lowest BCUT2D eigenvalue weighted by molar-refractivity contribution is -0.161. The fraction of sp³-hybridized carbons (Fsp3) is 0.318. The molecular weight excluding hydrogens is 310 g/mol. The van der Waals surface area contributed by atoms with Gasteiger partial charge in [0.1, 0.15) is 11.1 Å². The molecule has 0 fully saturated rings. The summed E-state index contributed by atoms with van der Waals surface area (Å²) in [6.45, 7) is 7.27. The molecule has 2 rings (SSSR count). The van der Waals surface area contributed by atoms with Crippen LogP contribution in [-0.2, 0) is 9.53 Å². The molecular formula is C22H27NO2. The van der Waals surface area contributed by atoms with Crippen LogP contribution in [0.3, 0.4) is 0 Å². The summed E-state index contributed by atoms with van der Waals surface area (Å²) >= 11 is 0. The largest absolute Gasteiger partial charge is 0.459 e. The molecule has 0 spiro atoms. The van der Waals surface area contributed by atoms with E-state index in [1.807, 2.05) is 93.6 Å². The van der Waals surface area contributed by atoms with Crippen molar-refractivity contribution in [2.24, 2.45) is 5.73 Å². The fourth-order valence-corrected chi connectivity index (χ4v) is 2.60. The Hall–Kier alpha value is -2.39. The first-order chi connectivity index (χ1) is 11.7. The highest BCUT2D eigenvalue weighted by Crippen LogP contribution is 2.31. The van der Waals surface area contributed by atoms with Crippen molar-refractivity contribution in [3.05, 3.63) is 77.9 Å². The fourth-order valence-electron chi connectivity index (χ4n) is 2.60. The van der Waals surface area contributed by atoms with Crippen molar-refractivity contribution in [1.82, 2.24) is 0 Å². The number of carbonyl (C=O) groups excluding carboxylic acids is 1. The lowest BCUT2D eigenvalue weighted by Crippen LogP contribution is -2.52. The minimum absolute atomic E-state index is 0.302. The smallest absolute Gasteiger partial charge is 0.327 e. The number of rotatable bonds is 5. The Labute approximate surface area is 150 Å². The Morgan fingerprint density at radius 1 is 0.960 bits per heavy atom. The SMILES string of the molecule is CC(C)(C)OC(=O)[C@@](C)(N)[C@H](/C=C/c1ccccc1)c1ccccc1. The number of benzene rings is 2. The van der Waals surface area contributed by atoms with Crippen molar-refractivity contribution < 1.29 is 9.53 Å². The topological polar surface area (TPSA) is 52.3 Å². The third-order valence-electron chi connectivity index (χ3n) is 3.92. The normalized spacial score (nSPS) is 15.6. The van der Waals surface area contributed by atoms with Gasteiger partial charge >= 0.3 is 5.97 Å². The molecule has 0 aromatic heterocycles. The van der Waals surface area contributed by atoms with Gasteiger partial charge in [-0.05, 0) is 38.8 Å². The first-order valence-corrected chi connectivity index (χ1v) is 8.51. The maximum atomic E-state index is 12.7. The zero-order chi connectivity index (χ0) is 18.5. The Balaban J connectivity index is 2.37. The van der Waals surface area contributed by atoms with Gasteiger partial charge in [-0.2, -0.15) is 0 Å². The van der Waals surface area contributed by atoms with E-state index in [1.165, 1.54) is 0 Å². The van der Waals surface area contributed by atoms with E-state index in [1.54, 1.807) is 6.92 Å². The molecule has 0 amide bonds. The van der Waals surface area contributed by atoms with E-state index in [2.05, 4.69) is 0 Å². The van der Waals surface area contributed by atoms with Gasteiger partial charge in [-0.3, -0.25) is 4.79 Å². The van der Waals surface area contributed by atoms with Crippen LogP contribution in [0.1, 0.15) is 44.7 Å². The second-order valence-corrected chi connectivity index (χ2v) is 7.44. The molecule has 3 nitrogen and oxygen atoms in total. The molecule has 0 unspecified atom stereocenters. The maximum Gasteiger partial charge on any atom is 0.327 e. The van der Waals surface area contributed by atoms with Gasteiger partial charge in [0.15, 0.2) is 0 Å². The number of esters is 1. The predicted molar refractivity (Wildman–Crippen MR) is 103 cm³/mol. The summed E-state index contributed by atoms with van der Waals surface area (Å²) in [6, 6.07) is 19.8. The van der Waals surface area contributed by atoms with Crippen molar-refractivity contribution >= 4 is 12.0 Å². The van der Waals surface area contributed by atoms with Crippen LogP contribution in [0.15, 0.2) is 66.7 Å². The second kappa shape index (κ2) is 7.66. The van der Waals surface area contributed by atoms with Gasteiger partial charge in [0.05, 0.1) is 0 Å². The maximum absolute atomic E-state index is 12.7. The number of hydrogen-bond donors (Lipinski definition) is 1. The molecule has 132 valence electrons. The number of carbonyl (C=O) groups is 1. The molecule has 2 atom stereocenters. The van der Waals surface area contributed by atoms with Crippen LogP contribution in [0, 0.1) is 0 Å². The highest BCUT2D eigenvalue weighted by atomic mass is 16.6. The molecule has 2 N–H and O–H groups in total. The van der Waals surface area contributed by atoms with E-state index < -0.39 is 17.1 Å². The molecule has 0 saturated heterocycles. The van der Waals surface area contributed by atoms with Gasteiger partial charge in [0, 0.05) is 5.92 Å². The van der Waals surface area contributed by atoms with Crippen molar-refractivity contribution in [3.8, 4) is 0 Å². The Kier molecular flexibility index (Phi) is 5.81. The summed E-state index contributed by atoms with van der Waals surface area (Å²) in [4.78, 5) is 12.7. The number of hydrogen-bond acceptors (Lipinski definition) is 3. The molecule has 0 radical (unpaired) electrons. The molecule has 0 aliphatic carbocycles. The van der Waals surface area contributed by atoms with Crippen molar-refractivity contribution in [3.63, 3.8) is 0 Å². The van der Waals surface area contributed by atoms with Gasteiger partial charge < -0.3 is 10.5 Å². The predicted octanol–water partition coefficient (Wildman–Crippen LogP) is 4.54. The lowest BCUT2D eigenvalue weighted by atomic mass is 9.80. The van der Waals surface area contributed by atoms with Crippen molar-refractivity contribution in [2.75, 3.05) is 0 Å². The zero-order valence-corrected chi connectivity index (χ0v) is 15.4. The van der Waals surface area contributed by atoms with Gasteiger partial charge in [-0.1, -0.05) is 72.8 Å². The van der Waals surface area contributed by atoms with E-state index in [4.69, 9.17) is 10.5 Å². The highest BCUT2D eigenvalue weighted by Gasteiger charge is 2.40. The van der Waals surface area contributed by atoms with Gasteiger partial charge in [-0.15, -0.1) is 0 Å². The zero-order valence-electron chi connectivity index (χ0n) is 15.4. The summed E-state index contributed by atoms with van der Waals surface area (Å²) in [5.74, 6) is -0.713. The highest BCUT2D eigenvalue weighted by molar-refractivity contribution is 5.83. The average molecular weight is 337 g/mol. The van der Waals surface area contributed by atoms with Crippen molar-refractivity contribution in [2.45, 2.75) is 44.8 Å². The molecule has 25 heavy (non-hydrogen) atoms. The molecule has 2 aromatic rings. The minimum atomic E-state index is -1.18. The quantitative estimate of drug-likeness (QED) is 0.815. The molecule has 0 heterocycles. The first-order valence-electron chi connectivity index (χ1n) is 8.51.